The number of Topliss-reactive ketones (excluding diaryl/α,β-unsaturated/α-hetero) is 1. The molecule has 2 unspecified atom stereocenters. The highest BCUT2D eigenvalue weighted by Crippen LogP contribution is 2.60. The normalized spacial score (nSPS) is 35.9. The van der Waals surface area contributed by atoms with Crippen molar-refractivity contribution in [2.24, 2.45) is 17.3 Å². The van der Waals surface area contributed by atoms with E-state index < -0.39 is 0 Å². The fraction of sp³-hybridized carbons (Fsp3) is 0.667. The van der Waals surface area contributed by atoms with Crippen LogP contribution in [0.1, 0.15) is 27.2 Å². The molecule has 1 saturated carbocycles. The summed E-state index contributed by atoms with van der Waals surface area (Å²) in [4.78, 5) is 22.8. The molecule has 2 atom stereocenters. The predicted molar refractivity (Wildman–Crippen MR) is 61.6 cm³/mol. The van der Waals surface area contributed by atoms with Crippen LogP contribution in [0.4, 0.5) is 0 Å². The van der Waals surface area contributed by atoms with Crippen LogP contribution >= 0.6 is 11.8 Å². The quantitative estimate of drug-likeness (QED) is 0.676. The summed E-state index contributed by atoms with van der Waals surface area (Å²) in [5.41, 5.74) is 0.994. The fourth-order valence-corrected chi connectivity index (χ4v) is 3.44. The molecule has 1 heterocycles. The smallest absolute Gasteiger partial charge is 0.215 e. The lowest BCUT2D eigenvalue weighted by atomic mass is 10.1. The Bertz CT molecular complexity index is 355. The van der Waals surface area contributed by atoms with E-state index in [4.69, 9.17) is 0 Å². The van der Waals surface area contributed by atoms with E-state index in [1.807, 2.05) is 0 Å². The minimum absolute atomic E-state index is 0.0619. The van der Waals surface area contributed by atoms with Crippen LogP contribution in [0.2, 0.25) is 0 Å². The van der Waals surface area contributed by atoms with Gasteiger partial charge in [-0.05, 0) is 24.7 Å². The molecule has 0 aromatic heterocycles. The topological polar surface area (TPSA) is 34.1 Å². The number of rotatable bonds is 2. The van der Waals surface area contributed by atoms with E-state index in [2.05, 4.69) is 19.9 Å². The molecular formula is C12H16O2S. The SMILES string of the molecule is CC(=O)C1C(C=C2CCSC2=O)C1(C)C. The van der Waals surface area contributed by atoms with Crippen molar-refractivity contribution in [3.05, 3.63) is 11.6 Å². The highest BCUT2D eigenvalue weighted by Gasteiger charge is 2.59. The summed E-state index contributed by atoms with van der Waals surface area (Å²) in [7, 11) is 0. The zero-order valence-electron chi connectivity index (χ0n) is 9.37. The minimum Gasteiger partial charge on any atom is -0.300 e. The van der Waals surface area contributed by atoms with Gasteiger partial charge in [0.1, 0.15) is 5.78 Å². The van der Waals surface area contributed by atoms with Gasteiger partial charge in [0.05, 0.1) is 0 Å². The summed E-state index contributed by atoms with van der Waals surface area (Å²) >= 11 is 1.39. The average molecular weight is 224 g/mol. The maximum absolute atomic E-state index is 11.4. The fourth-order valence-electron chi connectivity index (χ4n) is 2.58. The summed E-state index contributed by atoms with van der Waals surface area (Å²) in [6.07, 6.45) is 2.93. The number of hydrogen-bond acceptors (Lipinski definition) is 3. The van der Waals surface area contributed by atoms with E-state index in [0.717, 1.165) is 17.7 Å². The van der Waals surface area contributed by atoms with Gasteiger partial charge in [0.15, 0.2) is 0 Å². The van der Waals surface area contributed by atoms with Gasteiger partial charge in [0, 0.05) is 17.2 Å². The molecule has 2 rings (SSSR count). The zero-order chi connectivity index (χ0) is 11.2. The van der Waals surface area contributed by atoms with Crippen LogP contribution in [0.3, 0.4) is 0 Å². The molecule has 1 aliphatic carbocycles. The predicted octanol–water partition coefficient (Wildman–Crippen LogP) is 2.44. The molecule has 15 heavy (non-hydrogen) atoms. The van der Waals surface area contributed by atoms with Gasteiger partial charge in [-0.1, -0.05) is 31.7 Å². The van der Waals surface area contributed by atoms with E-state index in [-0.39, 0.29) is 28.1 Å². The Morgan fingerprint density at radius 2 is 2.20 bits per heavy atom. The maximum Gasteiger partial charge on any atom is 0.215 e. The zero-order valence-corrected chi connectivity index (χ0v) is 10.2. The molecule has 0 N–H and O–H groups in total. The van der Waals surface area contributed by atoms with Gasteiger partial charge < -0.3 is 0 Å². The minimum atomic E-state index is 0.0619. The Morgan fingerprint density at radius 3 is 2.60 bits per heavy atom. The summed E-state index contributed by atoms with van der Waals surface area (Å²) in [6.45, 7) is 5.86. The van der Waals surface area contributed by atoms with Crippen LogP contribution in [0.5, 0.6) is 0 Å². The number of hydrogen-bond donors (Lipinski definition) is 0. The first-order valence-corrected chi connectivity index (χ1v) is 6.31. The van der Waals surface area contributed by atoms with Gasteiger partial charge in [-0.3, -0.25) is 9.59 Å². The Balaban J connectivity index is 2.15. The number of carbonyl (C=O) groups is 2. The van der Waals surface area contributed by atoms with Gasteiger partial charge in [-0.15, -0.1) is 0 Å². The molecule has 0 bridgehead atoms. The van der Waals surface area contributed by atoms with E-state index in [1.54, 1.807) is 6.92 Å². The second kappa shape index (κ2) is 3.48. The van der Waals surface area contributed by atoms with Crippen molar-refractivity contribution < 1.29 is 9.59 Å². The molecule has 1 saturated heterocycles. The van der Waals surface area contributed by atoms with Crippen LogP contribution in [0, 0.1) is 17.3 Å². The van der Waals surface area contributed by atoms with Crippen LogP contribution < -0.4 is 0 Å². The van der Waals surface area contributed by atoms with Crippen molar-refractivity contribution >= 4 is 22.7 Å². The van der Waals surface area contributed by atoms with Crippen molar-refractivity contribution in [1.82, 2.24) is 0 Å². The highest BCUT2D eigenvalue weighted by molar-refractivity contribution is 8.14. The summed E-state index contributed by atoms with van der Waals surface area (Å²) in [5.74, 6) is 1.57. The molecule has 2 aliphatic rings. The molecular weight excluding hydrogens is 208 g/mol. The number of allylic oxidation sites excluding steroid dienone is 1. The van der Waals surface area contributed by atoms with Gasteiger partial charge in [-0.2, -0.15) is 0 Å². The standard InChI is InChI=1S/C12H16O2S/c1-7(13)10-9(12(10,2)3)6-8-4-5-15-11(8)14/h6,9-10H,4-5H2,1-3H3. The van der Waals surface area contributed by atoms with Gasteiger partial charge >= 0.3 is 0 Å². The third-order valence-corrected chi connectivity index (χ3v) is 4.53. The van der Waals surface area contributed by atoms with Crippen LogP contribution in [0.25, 0.3) is 0 Å². The first kappa shape index (κ1) is 10.9. The largest absolute Gasteiger partial charge is 0.300 e. The van der Waals surface area contributed by atoms with Crippen molar-refractivity contribution in [2.45, 2.75) is 27.2 Å². The molecule has 0 amide bonds. The maximum atomic E-state index is 11.4. The van der Waals surface area contributed by atoms with Crippen molar-refractivity contribution in [1.29, 1.82) is 0 Å². The third kappa shape index (κ3) is 1.78. The molecule has 3 heteroatoms. The lowest BCUT2D eigenvalue weighted by Gasteiger charge is -1.98. The monoisotopic (exact) mass is 224 g/mol. The molecule has 0 radical (unpaired) electrons. The first-order valence-electron chi connectivity index (χ1n) is 5.33. The number of thioether (sulfide) groups is 1. The molecule has 1 aliphatic heterocycles. The van der Waals surface area contributed by atoms with E-state index in [0.29, 0.717) is 0 Å². The number of ketones is 1. The second-order valence-corrected chi connectivity index (χ2v) is 6.08. The highest BCUT2D eigenvalue weighted by atomic mass is 32.2. The van der Waals surface area contributed by atoms with Crippen molar-refractivity contribution in [2.75, 3.05) is 5.75 Å². The van der Waals surface area contributed by atoms with Crippen molar-refractivity contribution in [3.63, 3.8) is 0 Å². The van der Waals surface area contributed by atoms with Crippen LogP contribution in [-0.4, -0.2) is 16.7 Å². The Hall–Kier alpha value is -0.570. The molecule has 0 spiro atoms. The average Bonchev–Trinajstić information content (AvgIpc) is 2.47. The van der Waals surface area contributed by atoms with Gasteiger partial charge in [-0.25, -0.2) is 0 Å². The van der Waals surface area contributed by atoms with E-state index in [9.17, 15) is 9.59 Å². The molecule has 2 fully saturated rings. The van der Waals surface area contributed by atoms with Crippen molar-refractivity contribution in [3.8, 4) is 0 Å². The summed E-state index contributed by atoms with van der Waals surface area (Å²) in [6, 6.07) is 0. The van der Waals surface area contributed by atoms with Crippen LogP contribution in [0.15, 0.2) is 11.6 Å². The molecule has 2 nitrogen and oxygen atoms in total. The van der Waals surface area contributed by atoms with Crippen LogP contribution in [-0.2, 0) is 9.59 Å². The van der Waals surface area contributed by atoms with Gasteiger partial charge in [0.25, 0.3) is 0 Å². The Kier molecular flexibility index (Phi) is 2.53. The second-order valence-electron chi connectivity index (χ2n) is 5.01. The first-order chi connectivity index (χ1) is 6.94. The Labute approximate surface area is 94.5 Å². The lowest BCUT2D eigenvalue weighted by Crippen LogP contribution is -1.99. The summed E-state index contributed by atoms with van der Waals surface area (Å²) in [5, 5.41) is 0.208. The summed E-state index contributed by atoms with van der Waals surface area (Å²) < 4.78 is 0. The molecule has 82 valence electrons. The van der Waals surface area contributed by atoms with E-state index >= 15 is 0 Å². The molecule has 0 aromatic rings. The van der Waals surface area contributed by atoms with E-state index in [1.165, 1.54) is 11.8 Å². The molecule has 0 aromatic carbocycles. The number of carbonyl (C=O) groups excluding carboxylic acids is 2. The lowest BCUT2D eigenvalue weighted by molar-refractivity contribution is -0.119. The third-order valence-electron chi connectivity index (χ3n) is 3.60. The Morgan fingerprint density at radius 1 is 1.53 bits per heavy atom. The van der Waals surface area contributed by atoms with Gasteiger partial charge in [0.2, 0.25) is 5.12 Å².